The van der Waals surface area contributed by atoms with E-state index in [2.05, 4.69) is 17.5 Å². The number of hydrogen-bond acceptors (Lipinski definition) is 3. The molecule has 0 aromatic rings. The Labute approximate surface area is 119 Å². The van der Waals surface area contributed by atoms with Crippen molar-refractivity contribution in [1.29, 1.82) is 0 Å². The van der Waals surface area contributed by atoms with Crippen LogP contribution in [0.3, 0.4) is 0 Å². The van der Waals surface area contributed by atoms with Crippen LogP contribution in [0.25, 0.3) is 0 Å². The van der Waals surface area contributed by atoms with Gasteiger partial charge in [-0.25, -0.2) is 0 Å². The first kappa shape index (κ1) is 13.7. The lowest BCUT2D eigenvalue weighted by Crippen LogP contribution is -2.42. The van der Waals surface area contributed by atoms with E-state index < -0.39 is 0 Å². The summed E-state index contributed by atoms with van der Waals surface area (Å²) in [6, 6.07) is 0.242. The molecular weight excluding hydrogens is 254 g/mol. The van der Waals surface area contributed by atoms with Crippen LogP contribution < -0.4 is 5.32 Å². The first-order valence-corrected chi connectivity index (χ1v) is 7.74. The Bertz CT molecular complexity index is 423. The minimum Gasteiger partial charge on any atom is -0.469 e. The highest BCUT2D eigenvalue weighted by Gasteiger charge is 2.40. The minimum absolute atomic E-state index is 0.0265. The number of allylic oxidation sites excluding steroid dienone is 2. The highest BCUT2D eigenvalue weighted by molar-refractivity contribution is 5.80. The van der Waals surface area contributed by atoms with Gasteiger partial charge in [-0.1, -0.05) is 12.2 Å². The fourth-order valence-electron chi connectivity index (χ4n) is 4.03. The molecule has 2 saturated carbocycles. The van der Waals surface area contributed by atoms with Crippen molar-refractivity contribution in [2.24, 2.45) is 23.7 Å². The Morgan fingerprint density at radius 2 is 1.85 bits per heavy atom. The second kappa shape index (κ2) is 5.58. The van der Waals surface area contributed by atoms with Crippen LogP contribution in [-0.4, -0.2) is 25.0 Å². The monoisotopic (exact) mass is 277 g/mol. The van der Waals surface area contributed by atoms with Crippen molar-refractivity contribution in [1.82, 2.24) is 5.32 Å². The van der Waals surface area contributed by atoms with E-state index in [9.17, 15) is 9.59 Å². The Morgan fingerprint density at radius 3 is 2.40 bits per heavy atom. The molecule has 20 heavy (non-hydrogen) atoms. The van der Waals surface area contributed by atoms with Crippen molar-refractivity contribution in [3.05, 3.63) is 12.2 Å². The van der Waals surface area contributed by atoms with Crippen LogP contribution >= 0.6 is 0 Å². The van der Waals surface area contributed by atoms with Gasteiger partial charge in [0.15, 0.2) is 0 Å². The number of fused-ring (bicyclic) bond motifs is 2. The first-order chi connectivity index (χ1) is 9.67. The zero-order chi connectivity index (χ0) is 14.1. The Morgan fingerprint density at radius 1 is 1.10 bits per heavy atom. The molecule has 3 atom stereocenters. The van der Waals surface area contributed by atoms with Crippen LogP contribution in [0.5, 0.6) is 0 Å². The zero-order valence-electron chi connectivity index (χ0n) is 12.0. The molecule has 110 valence electrons. The Kier molecular flexibility index (Phi) is 3.81. The molecule has 1 N–H and O–H groups in total. The van der Waals surface area contributed by atoms with E-state index in [0.717, 1.165) is 38.5 Å². The molecule has 3 aliphatic carbocycles. The molecule has 3 unspecified atom stereocenters. The molecule has 1 amide bonds. The van der Waals surface area contributed by atoms with Crippen LogP contribution in [0, 0.1) is 23.7 Å². The fourth-order valence-corrected chi connectivity index (χ4v) is 4.03. The van der Waals surface area contributed by atoms with Crippen molar-refractivity contribution in [3.63, 3.8) is 0 Å². The van der Waals surface area contributed by atoms with E-state index in [1.165, 1.54) is 7.11 Å². The molecule has 0 radical (unpaired) electrons. The van der Waals surface area contributed by atoms with Crippen LogP contribution in [0.15, 0.2) is 12.2 Å². The molecule has 2 fully saturated rings. The van der Waals surface area contributed by atoms with E-state index >= 15 is 0 Å². The summed E-state index contributed by atoms with van der Waals surface area (Å²) in [4.78, 5) is 23.8. The van der Waals surface area contributed by atoms with Crippen LogP contribution in [0.2, 0.25) is 0 Å². The van der Waals surface area contributed by atoms with Gasteiger partial charge in [-0.2, -0.15) is 0 Å². The summed E-state index contributed by atoms with van der Waals surface area (Å²) < 4.78 is 4.79. The van der Waals surface area contributed by atoms with Crippen molar-refractivity contribution >= 4 is 11.9 Å². The van der Waals surface area contributed by atoms with Gasteiger partial charge in [-0.05, 0) is 50.4 Å². The summed E-state index contributed by atoms with van der Waals surface area (Å²) in [5, 5.41) is 3.20. The standard InChI is InChI=1S/C16H23NO3/c1-20-16(19)11-4-6-13(7-5-11)17-15(18)14-9-10-2-3-12(14)8-10/h2-3,10-14H,4-9H2,1H3,(H,17,18). The van der Waals surface area contributed by atoms with Crippen molar-refractivity contribution in [3.8, 4) is 0 Å². The quantitative estimate of drug-likeness (QED) is 0.634. The molecule has 0 aromatic carbocycles. The third-order valence-corrected chi connectivity index (χ3v) is 5.22. The van der Waals surface area contributed by atoms with Gasteiger partial charge in [0.2, 0.25) is 5.91 Å². The second-order valence-corrected chi connectivity index (χ2v) is 6.47. The highest BCUT2D eigenvalue weighted by atomic mass is 16.5. The number of rotatable bonds is 3. The van der Waals surface area contributed by atoms with Crippen molar-refractivity contribution in [2.45, 2.75) is 44.6 Å². The van der Waals surface area contributed by atoms with Gasteiger partial charge >= 0.3 is 5.97 Å². The number of esters is 1. The molecule has 0 aliphatic heterocycles. The predicted octanol–water partition coefficient (Wildman–Crippen LogP) is 2.05. The van der Waals surface area contributed by atoms with Crippen molar-refractivity contribution < 1.29 is 14.3 Å². The molecule has 0 saturated heterocycles. The van der Waals surface area contributed by atoms with E-state index in [-0.39, 0.29) is 29.8 Å². The number of carbonyl (C=O) groups is 2. The van der Waals surface area contributed by atoms with Gasteiger partial charge in [0.25, 0.3) is 0 Å². The van der Waals surface area contributed by atoms with Gasteiger partial charge in [-0.3, -0.25) is 9.59 Å². The largest absolute Gasteiger partial charge is 0.469 e. The SMILES string of the molecule is COC(=O)C1CCC(NC(=O)C2CC3C=CC2C3)CC1. The molecule has 0 heterocycles. The smallest absolute Gasteiger partial charge is 0.308 e. The van der Waals surface area contributed by atoms with E-state index in [1.54, 1.807) is 0 Å². The molecule has 4 nitrogen and oxygen atoms in total. The zero-order valence-corrected chi connectivity index (χ0v) is 12.0. The summed E-state index contributed by atoms with van der Waals surface area (Å²) in [5.41, 5.74) is 0. The first-order valence-electron chi connectivity index (χ1n) is 7.74. The summed E-state index contributed by atoms with van der Waals surface area (Å²) in [5.74, 6) is 1.43. The number of nitrogens with one attached hydrogen (secondary N) is 1. The third-order valence-electron chi connectivity index (χ3n) is 5.22. The molecule has 0 spiro atoms. The summed E-state index contributed by atoms with van der Waals surface area (Å²) in [6.07, 6.45) is 10.1. The van der Waals surface area contributed by atoms with E-state index in [4.69, 9.17) is 4.74 Å². The van der Waals surface area contributed by atoms with Crippen molar-refractivity contribution in [2.75, 3.05) is 7.11 Å². The number of methoxy groups -OCH3 is 1. The van der Waals surface area contributed by atoms with Gasteiger partial charge in [0.05, 0.1) is 13.0 Å². The molecule has 3 aliphatic rings. The average Bonchev–Trinajstić information content (AvgIpc) is 3.10. The number of ether oxygens (including phenoxy) is 1. The number of amides is 1. The van der Waals surface area contributed by atoms with E-state index in [0.29, 0.717) is 11.8 Å². The molecular formula is C16H23NO3. The minimum atomic E-state index is -0.104. The summed E-state index contributed by atoms with van der Waals surface area (Å²) in [7, 11) is 1.44. The highest BCUT2D eigenvalue weighted by Crippen LogP contribution is 2.43. The molecule has 4 heteroatoms. The lowest BCUT2D eigenvalue weighted by molar-refractivity contribution is -0.146. The molecule has 2 bridgehead atoms. The molecule has 3 rings (SSSR count). The Balaban J connectivity index is 1.47. The van der Waals surface area contributed by atoms with Gasteiger partial charge in [-0.15, -0.1) is 0 Å². The van der Waals surface area contributed by atoms with Crippen LogP contribution in [0.1, 0.15) is 38.5 Å². The maximum absolute atomic E-state index is 12.3. The maximum Gasteiger partial charge on any atom is 0.308 e. The Hall–Kier alpha value is -1.32. The summed E-state index contributed by atoms with van der Waals surface area (Å²) in [6.45, 7) is 0. The summed E-state index contributed by atoms with van der Waals surface area (Å²) >= 11 is 0. The fraction of sp³-hybridized carbons (Fsp3) is 0.750. The lowest BCUT2D eigenvalue weighted by Gasteiger charge is -2.29. The predicted molar refractivity (Wildman–Crippen MR) is 74.7 cm³/mol. The van der Waals surface area contributed by atoms with Gasteiger partial charge < -0.3 is 10.1 Å². The topological polar surface area (TPSA) is 55.4 Å². The number of carbonyl (C=O) groups excluding carboxylic acids is 2. The third kappa shape index (κ3) is 2.60. The average molecular weight is 277 g/mol. The maximum atomic E-state index is 12.3. The van der Waals surface area contributed by atoms with Gasteiger partial charge in [0.1, 0.15) is 0 Å². The van der Waals surface area contributed by atoms with E-state index in [1.807, 2.05) is 0 Å². The van der Waals surface area contributed by atoms with Crippen LogP contribution in [-0.2, 0) is 14.3 Å². The van der Waals surface area contributed by atoms with Gasteiger partial charge in [0, 0.05) is 12.0 Å². The normalized spacial score (nSPS) is 38.8. The van der Waals surface area contributed by atoms with Crippen LogP contribution in [0.4, 0.5) is 0 Å². The lowest BCUT2D eigenvalue weighted by atomic mass is 9.85. The molecule has 0 aromatic heterocycles. The second-order valence-electron chi connectivity index (χ2n) is 6.47. The number of hydrogen-bond donors (Lipinski definition) is 1.